The molecule has 0 aromatic heterocycles. The molecule has 3 rings (SSSR count). The monoisotopic (exact) mass is 346 g/mol. The molecule has 0 amide bonds. The average Bonchev–Trinajstić information content (AvgIpc) is 3.07. The van der Waals surface area contributed by atoms with E-state index in [1.807, 2.05) is 30.3 Å². The summed E-state index contributed by atoms with van der Waals surface area (Å²) in [7, 11) is 3.21. The maximum Gasteiger partial charge on any atom is 0.231 e. The van der Waals surface area contributed by atoms with Crippen molar-refractivity contribution in [3.63, 3.8) is 0 Å². The molecule has 2 aromatic rings. The summed E-state index contributed by atoms with van der Waals surface area (Å²) in [5.74, 6) is 2.90. The first-order valence-electron chi connectivity index (χ1n) is 7.34. The highest BCUT2D eigenvalue weighted by Gasteiger charge is 2.13. The van der Waals surface area contributed by atoms with Crippen molar-refractivity contribution in [3.05, 3.63) is 42.0 Å². The van der Waals surface area contributed by atoms with Gasteiger partial charge in [0.15, 0.2) is 16.6 Å². The molecule has 1 aliphatic heterocycles. The molecule has 0 fully saturated rings. The van der Waals surface area contributed by atoms with Crippen LogP contribution >= 0.6 is 12.2 Å². The molecule has 2 N–H and O–H groups in total. The molecule has 0 aliphatic carbocycles. The first kappa shape index (κ1) is 16.2. The van der Waals surface area contributed by atoms with Gasteiger partial charge in [-0.15, -0.1) is 0 Å². The molecule has 1 heterocycles. The van der Waals surface area contributed by atoms with Crippen molar-refractivity contribution in [1.82, 2.24) is 5.32 Å². The van der Waals surface area contributed by atoms with Crippen LogP contribution in [0.4, 0.5) is 5.69 Å². The molecule has 6 nitrogen and oxygen atoms in total. The number of hydrogen-bond acceptors (Lipinski definition) is 5. The Morgan fingerprint density at radius 3 is 2.46 bits per heavy atom. The van der Waals surface area contributed by atoms with Crippen molar-refractivity contribution in [2.45, 2.75) is 6.54 Å². The molecule has 7 heteroatoms. The number of fused-ring (bicyclic) bond motifs is 1. The lowest BCUT2D eigenvalue weighted by Gasteiger charge is -2.13. The van der Waals surface area contributed by atoms with Crippen molar-refractivity contribution in [2.24, 2.45) is 0 Å². The molecule has 0 radical (unpaired) electrons. The van der Waals surface area contributed by atoms with Crippen LogP contribution in [0.3, 0.4) is 0 Å². The highest BCUT2D eigenvalue weighted by atomic mass is 32.1. The number of rotatable bonds is 5. The van der Waals surface area contributed by atoms with Crippen LogP contribution in [0.5, 0.6) is 23.0 Å². The Hall–Kier alpha value is -2.67. The van der Waals surface area contributed by atoms with Crippen LogP contribution in [0.2, 0.25) is 0 Å². The van der Waals surface area contributed by atoms with Crippen molar-refractivity contribution in [1.29, 1.82) is 0 Å². The number of benzene rings is 2. The number of hydrogen-bond donors (Lipinski definition) is 2. The van der Waals surface area contributed by atoms with Crippen molar-refractivity contribution in [2.75, 3.05) is 26.3 Å². The van der Waals surface area contributed by atoms with Gasteiger partial charge in [0.2, 0.25) is 6.79 Å². The molecule has 0 atom stereocenters. The molecule has 24 heavy (non-hydrogen) atoms. The van der Waals surface area contributed by atoms with Gasteiger partial charge in [-0.05, 0) is 29.9 Å². The van der Waals surface area contributed by atoms with E-state index in [9.17, 15) is 0 Å². The number of thiocarbonyl (C=S) groups is 1. The fourth-order valence-electron chi connectivity index (χ4n) is 2.29. The van der Waals surface area contributed by atoms with E-state index >= 15 is 0 Å². The van der Waals surface area contributed by atoms with Crippen LogP contribution in [-0.2, 0) is 6.54 Å². The number of ether oxygens (including phenoxy) is 4. The molecule has 0 bridgehead atoms. The van der Waals surface area contributed by atoms with Crippen molar-refractivity contribution < 1.29 is 18.9 Å². The van der Waals surface area contributed by atoms with Crippen molar-refractivity contribution >= 4 is 23.0 Å². The fourth-order valence-corrected chi connectivity index (χ4v) is 2.48. The first-order valence-corrected chi connectivity index (χ1v) is 7.75. The smallest absolute Gasteiger partial charge is 0.231 e. The van der Waals surface area contributed by atoms with Crippen LogP contribution in [0, 0.1) is 0 Å². The summed E-state index contributed by atoms with van der Waals surface area (Å²) < 4.78 is 21.1. The molecule has 0 unspecified atom stereocenters. The number of nitrogens with one attached hydrogen (secondary N) is 2. The lowest BCUT2D eigenvalue weighted by Crippen LogP contribution is -2.27. The highest BCUT2D eigenvalue weighted by molar-refractivity contribution is 7.80. The zero-order chi connectivity index (χ0) is 16.9. The van der Waals surface area contributed by atoms with Gasteiger partial charge < -0.3 is 29.6 Å². The average molecular weight is 346 g/mol. The van der Waals surface area contributed by atoms with E-state index in [4.69, 9.17) is 31.2 Å². The molecule has 0 saturated carbocycles. The summed E-state index contributed by atoms with van der Waals surface area (Å²) in [6.07, 6.45) is 0. The molecule has 0 saturated heterocycles. The zero-order valence-corrected chi connectivity index (χ0v) is 14.2. The maximum absolute atomic E-state index is 5.37. The minimum atomic E-state index is 0.268. The van der Waals surface area contributed by atoms with Crippen LogP contribution in [0.15, 0.2) is 36.4 Å². The summed E-state index contributed by atoms with van der Waals surface area (Å²) in [4.78, 5) is 0. The Morgan fingerprint density at radius 2 is 1.75 bits per heavy atom. The quantitative estimate of drug-likeness (QED) is 0.807. The molecule has 0 spiro atoms. The second kappa shape index (κ2) is 7.27. The predicted molar refractivity (Wildman–Crippen MR) is 95.2 cm³/mol. The van der Waals surface area contributed by atoms with E-state index in [2.05, 4.69) is 10.6 Å². The van der Waals surface area contributed by atoms with E-state index in [-0.39, 0.29) is 6.79 Å². The summed E-state index contributed by atoms with van der Waals surface area (Å²) in [5, 5.41) is 6.78. The Kier molecular flexibility index (Phi) is 4.90. The van der Waals surface area contributed by atoms with Gasteiger partial charge in [-0.2, -0.15) is 0 Å². The minimum absolute atomic E-state index is 0.268. The standard InChI is InChI=1S/C17H18N2O4S/c1-20-13-6-12(7-14(8-13)21-2)19-17(24)18-9-11-3-4-15-16(5-11)23-10-22-15/h3-8H,9-10H2,1-2H3,(H2,18,19,24). The van der Waals surface area contributed by atoms with Gasteiger partial charge in [0.05, 0.1) is 14.2 Å². The van der Waals surface area contributed by atoms with Gasteiger partial charge in [0, 0.05) is 30.4 Å². The second-order valence-electron chi connectivity index (χ2n) is 5.10. The summed E-state index contributed by atoms with van der Waals surface area (Å²) >= 11 is 5.33. The number of anilines is 1. The van der Waals surface area contributed by atoms with Gasteiger partial charge in [-0.3, -0.25) is 0 Å². The Labute approximate surface area is 145 Å². The van der Waals surface area contributed by atoms with Gasteiger partial charge >= 0.3 is 0 Å². The molecule has 126 valence electrons. The van der Waals surface area contributed by atoms with E-state index in [0.29, 0.717) is 23.2 Å². The normalized spacial score (nSPS) is 11.8. The van der Waals surface area contributed by atoms with Gasteiger partial charge in [-0.1, -0.05) is 6.07 Å². The van der Waals surface area contributed by atoms with Crippen LogP contribution in [0.1, 0.15) is 5.56 Å². The lowest BCUT2D eigenvalue weighted by molar-refractivity contribution is 0.174. The van der Waals surface area contributed by atoms with E-state index in [1.165, 1.54) is 0 Å². The Balaban J connectivity index is 1.59. The largest absolute Gasteiger partial charge is 0.497 e. The molecular formula is C17H18N2O4S. The predicted octanol–water partition coefficient (Wildman–Crippen LogP) is 2.92. The van der Waals surface area contributed by atoms with E-state index in [0.717, 1.165) is 22.7 Å². The molecule has 1 aliphatic rings. The molecular weight excluding hydrogens is 328 g/mol. The van der Waals surface area contributed by atoms with Crippen LogP contribution in [0.25, 0.3) is 0 Å². The fraction of sp³-hybridized carbons (Fsp3) is 0.235. The topological polar surface area (TPSA) is 61.0 Å². The highest BCUT2D eigenvalue weighted by Crippen LogP contribution is 2.32. The second-order valence-corrected chi connectivity index (χ2v) is 5.50. The van der Waals surface area contributed by atoms with E-state index < -0.39 is 0 Å². The first-order chi connectivity index (χ1) is 11.7. The lowest BCUT2D eigenvalue weighted by atomic mass is 10.2. The summed E-state index contributed by atoms with van der Waals surface area (Å²) in [6, 6.07) is 11.3. The van der Waals surface area contributed by atoms with E-state index in [1.54, 1.807) is 20.3 Å². The van der Waals surface area contributed by atoms with Crippen LogP contribution in [-0.4, -0.2) is 26.1 Å². The minimum Gasteiger partial charge on any atom is -0.497 e. The SMILES string of the molecule is COc1cc(NC(=S)NCc2ccc3c(c2)OCO3)cc(OC)c1. The Morgan fingerprint density at radius 1 is 1.04 bits per heavy atom. The third-order valence-corrected chi connectivity index (χ3v) is 3.75. The third kappa shape index (κ3) is 3.80. The Bertz CT molecular complexity index is 729. The van der Waals surface area contributed by atoms with Gasteiger partial charge in [0.25, 0.3) is 0 Å². The zero-order valence-electron chi connectivity index (χ0n) is 13.4. The summed E-state index contributed by atoms with van der Waals surface area (Å²) in [6.45, 7) is 0.841. The van der Waals surface area contributed by atoms with Gasteiger partial charge in [-0.25, -0.2) is 0 Å². The van der Waals surface area contributed by atoms with Crippen LogP contribution < -0.4 is 29.6 Å². The molecule has 2 aromatic carbocycles. The number of methoxy groups -OCH3 is 2. The van der Waals surface area contributed by atoms with Gasteiger partial charge in [0.1, 0.15) is 11.5 Å². The maximum atomic E-state index is 5.37. The third-order valence-electron chi connectivity index (χ3n) is 3.50. The summed E-state index contributed by atoms with van der Waals surface area (Å²) in [5.41, 5.74) is 1.83. The van der Waals surface area contributed by atoms with Crippen molar-refractivity contribution in [3.8, 4) is 23.0 Å².